The second-order valence-electron chi connectivity index (χ2n) is 9.85. The van der Waals surface area contributed by atoms with Gasteiger partial charge in [0.25, 0.3) is 0 Å². The highest BCUT2D eigenvalue weighted by Crippen LogP contribution is 2.41. The molecule has 41 heavy (non-hydrogen) atoms. The van der Waals surface area contributed by atoms with Gasteiger partial charge >= 0.3 is 6.18 Å². The van der Waals surface area contributed by atoms with Crippen LogP contribution in [-0.4, -0.2) is 95.0 Å². The average Bonchev–Trinajstić information content (AvgIpc) is 2.86. The Morgan fingerprint density at radius 1 is 1.15 bits per heavy atom. The van der Waals surface area contributed by atoms with E-state index in [0.29, 0.717) is 47.5 Å². The standard InChI is InChI=1S/C26H30F4N6O4S/c1-16-23-19(31-15-32-25(23)33-18-6-5-17(27)11-21(18)40-14-26(28,29)30)12-20(34-41(3,4)38)24(16)39-10-9-36-8-7-35(2)22(37)13-36/h5-6,11-12,15H,7-10,13-14H2,1-4H3,(H,31,32,33). The maximum atomic E-state index is 13.9. The number of likely N-dealkylation sites (N-methyl/N-ethyl adjacent to an activating group) is 1. The van der Waals surface area contributed by atoms with Crippen molar-refractivity contribution in [1.82, 2.24) is 19.8 Å². The first kappa shape index (κ1) is 30.2. The van der Waals surface area contributed by atoms with Gasteiger partial charge in [-0.05, 0) is 25.1 Å². The lowest BCUT2D eigenvalue weighted by atomic mass is 10.1. The molecule has 222 valence electrons. The molecule has 0 spiro atoms. The van der Waals surface area contributed by atoms with Crippen LogP contribution in [0.3, 0.4) is 0 Å². The summed E-state index contributed by atoms with van der Waals surface area (Å²) in [4.78, 5) is 24.2. The van der Waals surface area contributed by atoms with E-state index in [1.54, 1.807) is 24.9 Å². The quantitative estimate of drug-likeness (QED) is 0.364. The minimum atomic E-state index is -4.62. The molecule has 3 aromatic rings. The lowest BCUT2D eigenvalue weighted by molar-refractivity contribution is -0.153. The van der Waals surface area contributed by atoms with Crippen LogP contribution in [0.4, 0.5) is 34.8 Å². The minimum absolute atomic E-state index is 0.0118. The number of carbonyl (C=O) groups excluding carboxylic acids is 1. The molecule has 1 fully saturated rings. The zero-order chi connectivity index (χ0) is 29.9. The molecule has 0 saturated carbocycles. The fourth-order valence-corrected chi connectivity index (χ4v) is 4.85. The lowest BCUT2D eigenvalue weighted by Crippen LogP contribution is -2.49. The van der Waals surface area contributed by atoms with Crippen molar-refractivity contribution < 1.29 is 36.0 Å². The molecule has 10 nitrogen and oxygen atoms in total. The van der Waals surface area contributed by atoms with E-state index < -0.39 is 28.3 Å². The molecule has 0 unspecified atom stereocenters. The third-order valence-electron chi connectivity index (χ3n) is 6.19. The van der Waals surface area contributed by atoms with Crippen LogP contribution in [0.1, 0.15) is 5.56 Å². The maximum Gasteiger partial charge on any atom is 0.422 e. The number of aryl methyl sites for hydroxylation is 1. The number of fused-ring (bicyclic) bond motifs is 1. The van der Waals surface area contributed by atoms with Gasteiger partial charge in [-0.1, -0.05) is 0 Å². The maximum absolute atomic E-state index is 13.9. The van der Waals surface area contributed by atoms with Crippen molar-refractivity contribution in [2.75, 3.05) is 64.3 Å². The molecule has 1 aromatic heterocycles. The Kier molecular flexibility index (Phi) is 8.87. The number of anilines is 2. The number of piperazine rings is 1. The second kappa shape index (κ2) is 12.0. The molecule has 1 aliphatic rings. The molecule has 1 N–H and O–H groups in total. The molecule has 2 heterocycles. The van der Waals surface area contributed by atoms with Crippen LogP contribution in [0.5, 0.6) is 11.5 Å². The van der Waals surface area contributed by atoms with Gasteiger partial charge in [0, 0.05) is 65.9 Å². The van der Waals surface area contributed by atoms with Gasteiger partial charge < -0.3 is 19.7 Å². The van der Waals surface area contributed by atoms with Crippen LogP contribution < -0.4 is 14.8 Å². The van der Waals surface area contributed by atoms with E-state index in [4.69, 9.17) is 9.47 Å². The Hall–Kier alpha value is -3.72. The summed E-state index contributed by atoms with van der Waals surface area (Å²) in [6, 6.07) is 4.75. The van der Waals surface area contributed by atoms with Gasteiger partial charge in [0.1, 0.15) is 41.8 Å². The van der Waals surface area contributed by atoms with Crippen molar-refractivity contribution in [3.05, 3.63) is 42.0 Å². The van der Waals surface area contributed by atoms with Crippen molar-refractivity contribution in [3.8, 4) is 11.5 Å². The van der Waals surface area contributed by atoms with E-state index in [9.17, 15) is 26.6 Å². The molecular weight excluding hydrogens is 568 g/mol. The van der Waals surface area contributed by atoms with Crippen LogP contribution in [0.2, 0.25) is 0 Å². The minimum Gasteiger partial charge on any atom is -0.490 e. The van der Waals surface area contributed by atoms with Crippen LogP contribution in [0.15, 0.2) is 35.0 Å². The first-order valence-electron chi connectivity index (χ1n) is 12.5. The predicted molar refractivity (Wildman–Crippen MR) is 147 cm³/mol. The van der Waals surface area contributed by atoms with E-state index in [0.717, 1.165) is 12.1 Å². The van der Waals surface area contributed by atoms with Gasteiger partial charge in [-0.2, -0.15) is 17.5 Å². The van der Waals surface area contributed by atoms with Crippen molar-refractivity contribution in [3.63, 3.8) is 0 Å². The zero-order valence-electron chi connectivity index (χ0n) is 22.9. The largest absolute Gasteiger partial charge is 0.490 e. The first-order valence-corrected chi connectivity index (χ1v) is 14.8. The van der Waals surface area contributed by atoms with E-state index in [1.165, 1.54) is 24.9 Å². The summed E-state index contributed by atoms with van der Waals surface area (Å²) < 4.78 is 80.2. The third-order valence-corrected chi connectivity index (χ3v) is 6.83. The monoisotopic (exact) mass is 598 g/mol. The number of nitrogens with zero attached hydrogens (tertiary/aromatic N) is 5. The van der Waals surface area contributed by atoms with E-state index in [2.05, 4.69) is 19.6 Å². The number of benzene rings is 2. The number of rotatable bonds is 9. The van der Waals surface area contributed by atoms with E-state index in [-0.39, 0.29) is 36.3 Å². The summed E-state index contributed by atoms with van der Waals surface area (Å²) in [5, 5.41) is 3.39. The number of halogens is 4. The molecule has 0 bridgehead atoms. The Morgan fingerprint density at radius 2 is 1.90 bits per heavy atom. The summed E-state index contributed by atoms with van der Waals surface area (Å²) in [5.74, 6) is -0.597. The molecule has 2 aromatic carbocycles. The fraction of sp³-hybridized carbons (Fsp3) is 0.423. The average molecular weight is 599 g/mol. The van der Waals surface area contributed by atoms with Gasteiger partial charge in [-0.3, -0.25) is 9.69 Å². The number of hydrogen-bond acceptors (Lipinski definition) is 9. The van der Waals surface area contributed by atoms with Gasteiger partial charge in [0.15, 0.2) is 6.61 Å². The van der Waals surface area contributed by atoms with E-state index >= 15 is 0 Å². The van der Waals surface area contributed by atoms with Gasteiger partial charge in [0.2, 0.25) is 5.91 Å². The Morgan fingerprint density at radius 3 is 2.59 bits per heavy atom. The number of nitrogens with one attached hydrogen (secondary N) is 1. The van der Waals surface area contributed by atoms with Crippen molar-refractivity contribution in [2.24, 2.45) is 4.36 Å². The second-order valence-corrected chi connectivity index (χ2v) is 12.4. The molecular formula is C26H30F4N6O4S. The molecule has 0 aliphatic carbocycles. The number of amides is 1. The normalized spacial score (nSPS) is 14.8. The number of alkyl halides is 3. The predicted octanol–water partition coefficient (Wildman–Crippen LogP) is 4.27. The summed E-state index contributed by atoms with van der Waals surface area (Å²) in [7, 11) is -0.849. The molecule has 1 amide bonds. The van der Waals surface area contributed by atoms with Crippen LogP contribution >= 0.6 is 0 Å². The smallest absolute Gasteiger partial charge is 0.422 e. The third kappa shape index (κ3) is 7.94. The Balaban J connectivity index is 1.70. The molecule has 0 atom stereocenters. The molecule has 0 radical (unpaired) electrons. The SMILES string of the molecule is Cc1c(OCCN2CCN(C)C(=O)C2)c(N=S(C)(C)=O)cc2ncnc(Nc3ccc(F)cc3OCC(F)(F)F)c12. The van der Waals surface area contributed by atoms with Crippen LogP contribution in [0, 0.1) is 12.7 Å². The molecule has 15 heteroatoms. The molecule has 1 saturated heterocycles. The molecule has 1 aliphatic heterocycles. The summed E-state index contributed by atoms with van der Waals surface area (Å²) >= 11 is 0. The highest BCUT2D eigenvalue weighted by atomic mass is 32.2. The summed E-state index contributed by atoms with van der Waals surface area (Å²) in [5.41, 5.74) is 1.29. The highest BCUT2D eigenvalue weighted by Gasteiger charge is 2.29. The number of carbonyl (C=O) groups is 1. The van der Waals surface area contributed by atoms with Crippen molar-refractivity contribution in [1.29, 1.82) is 0 Å². The van der Waals surface area contributed by atoms with Gasteiger partial charge in [0.05, 0.1) is 17.7 Å². The lowest BCUT2D eigenvalue weighted by Gasteiger charge is -2.31. The van der Waals surface area contributed by atoms with Crippen molar-refractivity contribution in [2.45, 2.75) is 13.1 Å². The van der Waals surface area contributed by atoms with Crippen molar-refractivity contribution >= 4 is 43.7 Å². The number of aromatic nitrogens is 2. The first-order chi connectivity index (χ1) is 19.2. The van der Waals surface area contributed by atoms with Crippen LogP contribution in [0.25, 0.3) is 10.9 Å². The molecule has 4 rings (SSSR count). The Bertz CT molecular complexity index is 1570. The van der Waals surface area contributed by atoms with Gasteiger partial charge in [-0.15, -0.1) is 0 Å². The number of ether oxygens (including phenoxy) is 2. The van der Waals surface area contributed by atoms with E-state index in [1.807, 2.05) is 4.90 Å². The summed E-state index contributed by atoms with van der Waals surface area (Å²) in [6.45, 7) is 2.33. The fourth-order valence-electron chi connectivity index (χ4n) is 4.24. The highest BCUT2D eigenvalue weighted by molar-refractivity contribution is 7.92. The number of hydrogen-bond donors (Lipinski definition) is 1. The Labute approximate surface area is 234 Å². The zero-order valence-corrected chi connectivity index (χ0v) is 23.7. The topological polar surface area (TPSA) is 109 Å². The summed E-state index contributed by atoms with van der Waals surface area (Å²) in [6.07, 6.45) is -0.414. The van der Waals surface area contributed by atoms with Crippen LogP contribution in [-0.2, 0) is 14.5 Å². The van der Waals surface area contributed by atoms with Gasteiger partial charge in [-0.25, -0.2) is 18.6 Å².